The first-order valence-electron chi connectivity index (χ1n) is 6.56. The lowest BCUT2D eigenvalue weighted by Crippen LogP contribution is -2.35. The summed E-state index contributed by atoms with van der Waals surface area (Å²) in [7, 11) is 0. The second-order valence-corrected chi connectivity index (χ2v) is 5.37. The standard InChI is InChI=1S/C13H21N3/c1-10-6-8-16(15-10)9-7-14-13(11-2-3-11)12-4-5-12/h6,8,11-14H,2-5,7,9H2,1H3. The van der Waals surface area contributed by atoms with E-state index in [0.717, 1.165) is 36.7 Å². The van der Waals surface area contributed by atoms with Crippen molar-refractivity contribution in [1.82, 2.24) is 15.1 Å². The molecule has 3 heteroatoms. The van der Waals surface area contributed by atoms with Crippen LogP contribution in [0.2, 0.25) is 0 Å². The summed E-state index contributed by atoms with van der Waals surface area (Å²) in [6.45, 7) is 4.11. The molecular formula is C13H21N3. The molecule has 0 saturated heterocycles. The van der Waals surface area contributed by atoms with Crippen molar-refractivity contribution >= 4 is 0 Å². The van der Waals surface area contributed by atoms with Crippen LogP contribution in [0.4, 0.5) is 0 Å². The number of aryl methyl sites for hydroxylation is 1. The summed E-state index contributed by atoms with van der Waals surface area (Å²) in [5, 5.41) is 8.15. The van der Waals surface area contributed by atoms with Crippen LogP contribution in [0.1, 0.15) is 31.4 Å². The summed E-state index contributed by atoms with van der Waals surface area (Å²) in [5.41, 5.74) is 1.11. The molecule has 2 fully saturated rings. The molecule has 1 aromatic heterocycles. The molecule has 0 unspecified atom stereocenters. The van der Waals surface area contributed by atoms with Crippen LogP contribution in [0.5, 0.6) is 0 Å². The van der Waals surface area contributed by atoms with Crippen molar-refractivity contribution in [3.8, 4) is 0 Å². The molecule has 1 heterocycles. The van der Waals surface area contributed by atoms with Crippen molar-refractivity contribution in [2.24, 2.45) is 11.8 Å². The highest BCUT2D eigenvalue weighted by molar-refractivity contribution is 4.97. The Bertz CT molecular complexity index is 338. The zero-order valence-corrected chi connectivity index (χ0v) is 10.0. The first-order valence-corrected chi connectivity index (χ1v) is 6.56. The Morgan fingerprint density at radius 3 is 2.56 bits per heavy atom. The Hall–Kier alpha value is -0.830. The van der Waals surface area contributed by atoms with Gasteiger partial charge in [0.05, 0.1) is 12.2 Å². The molecule has 0 amide bonds. The first kappa shape index (κ1) is 10.3. The van der Waals surface area contributed by atoms with Crippen LogP contribution in [0.3, 0.4) is 0 Å². The van der Waals surface area contributed by atoms with Crippen LogP contribution in [0.25, 0.3) is 0 Å². The minimum atomic E-state index is 0.816. The maximum Gasteiger partial charge on any atom is 0.0593 e. The molecule has 0 bridgehead atoms. The molecule has 0 aromatic carbocycles. The molecule has 0 aliphatic heterocycles. The monoisotopic (exact) mass is 219 g/mol. The predicted octanol–water partition coefficient (Wildman–Crippen LogP) is 1.97. The smallest absolute Gasteiger partial charge is 0.0593 e. The molecule has 16 heavy (non-hydrogen) atoms. The lowest BCUT2D eigenvalue weighted by Gasteiger charge is -2.17. The Kier molecular flexibility index (Phi) is 2.72. The molecule has 2 aliphatic carbocycles. The van der Waals surface area contributed by atoms with Crippen LogP contribution in [0.15, 0.2) is 12.3 Å². The van der Waals surface area contributed by atoms with Gasteiger partial charge in [-0.25, -0.2) is 0 Å². The Morgan fingerprint density at radius 1 is 1.38 bits per heavy atom. The van der Waals surface area contributed by atoms with Crippen molar-refractivity contribution in [3.63, 3.8) is 0 Å². The first-order chi connectivity index (χ1) is 7.83. The van der Waals surface area contributed by atoms with E-state index in [1.807, 2.05) is 11.6 Å². The number of rotatable bonds is 6. The van der Waals surface area contributed by atoms with E-state index in [2.05, 4.69) is 22.7 Å². The van der Waals surface area contributed by atoms with Gasteiger partial charge in [0.2, 0.25) is 0 Å². The van der Waals surface area contributed by atoms with E-state index >= 15 is 0 Å². The van der Waals surface area contributed by atoms with Crippen molar-refractivity contribution < 1.29 is 0 Å². The second-order valence-electron chi connectivity index (χ2n) is 5.37. The number of hydrogen-bond acceptors (Lipinski definition) is 2. The highest BCUT2D eigenvalue weighted by Crippen LogP contribution is 2.44. The third-order valence-electron chi connectivity index (χ3n) is 3.75. The van der Waals surface area contributed by atoms with Gasteiger partial charge in [0.1, 0.15) is 0 Å². The van der Waals surface area contributed by atoms with Gasteiger partial charge in [-0.05, 0) is 50.5 Å². The molecule has 1 aromatic rings. The summed E-state index contributed by atoms with van der Waals surface area (Å²) >= 11 is 0. The minimum Gasteiger partial charge on any atom is -0.312 e. The van der Waals surface area contributed by atoms with Crippen LogP contribution in [-0.4, -0.2) is 22.4 Å². The number of nitrogens with zero attached hydrogens (tertiary/aromatic N) is 2. The van der Waals surface area contributed by atoms with E-state index < -0.39 is 0 Å². The van der Waals surface area contributed by atoms with Gasteiger partial charge in [0.15, 0.2) is 0 Å². The maximum atomic E-state index is 4.41. The molecule has 0 atom stereocenters. The molecule has 0 spiro atoms. The maximum absolute atomic E-state index is 4.41. The molecule has 3 rings (SSSR count). The molecule has 88 valence electrons. The van der Waals surface area contributed by atoms with Crippen molar-refractivity contribution in [3.05, 3.63) is 18.0 Å². The van der Waals surface area contributed by atoms with E-state index in [1.54, 1.807) is 0 Å². The molecule has 2 aliphatic rings. The zero-order chi connectivity index (χ0) is 11.0. The van der Waals surface area contributed by atoms with Gasteiger partial charge < -0.3 is 5.32 Å². The van der Waals surface area contributed by atoms with Crippen molar-refractivity contribution in [1.29, 1.82) is 0 Å². The average molecular weight is 219 g/mol. The van der Waals surface area contributed by atoms with Gasteiger partial charge in [0.25, 0.3) is 0 Å². The highest BCUT2D eigenvalue weighted by atomic mass is 15.3. The highest BCUT2D eigenvalue weighted by Gasteiger charge is 2.40. The molecule has 3 nitrogen and oxygen atoms in total. The number of hydrogen-bond donors (Lipinski definition) is 1. The summed E-state index contributed by atoms with van der Waals surface area (Å²) in [6, 6.07) is 2.89. The lowest BCUT2D eigenvalue weighted by molar-refractivity contribution is 0.400. The fraction of sp³-hybridized carbons (Fsp3) is 0.769. The normalized spacial score (nSPS) is 20.6. The number of aromatic nitrogens is 2. The van der Waals surface area contributed by atoms with E-state index in [4.69, 9.17) is 0 Å². The largest absolute Gasteiger partial charge is 0.312 e. The number of nitrogens with one attached hydrogen (secondary N) is 1. The summed E-state index contributed by atoms with van der Waals surface area (Å²) in [6.07, 6.45) is 7.88. The SMILES string of the molecule is Cc1ccn(CCNC(C2CC2)C2CC2)n1. The molecular weight excluding hydrogens is 198 g/mol. The van der Waals surface area contributed by atoms with Crippen molar-refractivity contribution in [2.75, 3.05) is 6.54 Å². The molecule has 1 N–H and O–H groups in total. The fourth-order valence-corrected chi connectivity index (χ4v) is 2.56. The third-order valence-corrected chi connectivity index (χ3v) is 3.75. The van der Waals surface area contributed by atoms with Crippen LogP contribution >= 0.6 is 0 Å². The summed E-state index contributed by atoms with van der Waals surface area (Å²) in [5.74, 6) is 1.98. The topological polar surface area (TPSA) is 29.9 Å². The van der Waals surface area contributed by atoms with Gasteiger partial charge in [-0.1, -0.05) is 0 Å². The van der Waals surface area contributed by atoms with Gasteiger partial charge in [-0.2, -0.15) is 5.10 Å². The Balaban J connectivity index is 1.44. The Labute approximate surface area is 97.2 Å². The summed E-state index contributed by atoms with van der Waals surface area (Å²) < 4.78 is 2.04. The quantitative estimate of drug-likeness (QED) is 0.792. The fourth-order valence-electron chi connectivity index (χ4n) is 2.56. The van der Waals surface area contributed by atoms with Gasteiger partial charge in [0, 0.05) is 18.8 Å². The summed E-state index contributed by atoms with van der Waals surface area (Å²) in [4.78, 5) is 0. The van der Waals surface area contributed by atoms with E-state index in [0.29, 0.717) is 0 Å². The second kappa shape index (κ2) is 4.21. The van der Waals surface area contributed by atoms with E-state index in [9.17, 15) is 0 Å². The van der Waals surface area contributed by atoms with Crippen LogP contribution < -0.4 is 5.32 Å². The third kappa shape index (κ3) is 2.46. The van der Waals surface area contributed by atoms with Gasteiger partial charge >= 0.3 is 0 Å². The van der Waals surface area contributed by atoms with Crippen molar-refractivity contribution in [2.45, 2.75) is 45.2 Å². The lowest BCUT2D eigenvalue weighted by atomic mass is 10.1. The van der Waals surface area contributed by atoms with Gasteiger partial charge in [-0.15, -0.1) is 0 Å². The van der Waals surface area contributed by atoms with Crippen LogP contribution in [-0.2, 0) is 6.54 Å². The van der Waals surface area contributed by atoms with Gasteiger partial charge in [-0.3, -0.25) is 4.68 Å². The Morgan fingerprint density at radius 2 is 2.06 bits per heavy atom. The van der Waals surface area contributed by atoms with Crippen LogP contribution in [0, 0.1) is 18.8 Å². The average Bonchev–Trinajstić information content (AvgIpc) is 3.15. The van der Waals surface area contributed by atoms with E-state index in [1.165, 1.54) is 25.7 Å². The van der Waals surface area contributed by atoms with E-state index in [-0.39, 0.29) is 0 Å². The molecule has 2 saturated carbocycles. The zero-order valence-electron chi connectivity index (χ0n) is 10.0. The molecule has 0 radical (unpaired) electrons. The predicted molar refractivity (Wildman–Crippen MR) is 64.2 cm³/mol. The minimum absolute atomic E-state index is 0.816.